The van der Waals surface area contributed by atoms with Gasteiger partial charge < -0.3 is 4.90 Å². The maximum absolute atomic E-state index is 5.76. The van der Waals surface area contributed by atoms with Crippen molar-refractivity contribution in [1.29, 1.82) is 0 Å². The lowest BCUT2D eigenvalue weighted by Gasteiger charge is -2.36. The number of anilines is 1. The van der Waals surface area contributed by atoms with Crippen LogP contribution in [0.15, 0.2) is 12.1 Å². The molecule has 1 atom stereocenters. The minimum Gasteiger partial charge on any atom is -0.352 e. The molecule has 0 aromatic carbocycles. The van der Waals surface area contributed by atoms with Gasteiger partial charge in [-0.2, -0.15) is 0 Å². The van der Waals surface area contributed by atoms with Crippen molar-refractivity contribution in [1.82, 2.24) is 10.2 Å². The molecule has 1 unspecified atom stereocenters. The van der Waals surface area contributed by atoms with E-state index in [-0.39, 0.29) is 0 Å². The molecule has 0 radical (unpaired) electrons. The molecule has 0 saturated carbocycles. The minimum absolute atomic E-state index is 0.466. The standard InChI is InChI=1S/C12H18ClN3/c1-2-5-10-6-3-4-9-16(10)12-8-7-11(13)14-15-12/h7-8,10H,2-6,9H2,1H3. The molecule has 1 aromatic rings. The van der Waals surface area contributed by atoms with Gasteiger partial charge in [0, 0.05) is 12.6 Å². The molecule has 0 aliphatic carbocycles. The van der Waals surface area contributed by atoms with Gasteiger partial charge in [-0.15, -0.1) is 10.2 Å². The van der Waals surface area contributed by atoms with Gasteiger partial charge in [0.2, 0.25) is 0 Å². The van der Waals surface area contributed by atoms with Crippen LogP contribution < -0.4 is 4.90 Å². The van der Waals surface area contributed by atoms with Crippen molar-refractivity contribution in [2.24, 2.45) is 0 Å². The van der Waals surface area contributed by atoms with E-state index < -0.39 is 0 Å². The SMILES string of the molecule is CCCC1CCCCN1c1ccc(Cl)nn1. The van der Waals surface area contributed by atoms with E-state index in [4.69, 9.17) is 11.6 Å². The van der Waals surface area contributed by atoms with E-state index in [0.717, 1.165) is 12.4 Å². The summed E-state index contributed by atoms with van der Waals surface area (Å²) < 4.78 is 0. The Bertz CT molecular complexity index is 324. The summed E-state index contributed by atoms with van der Waals surface area (Å²) >= 11 is 5.76. The molecule has 4 heteroatoms. The number of hydrogen-bond acceptors (Lipinski definition) is 3. The summed E-state index contributed by atoms with van der Waals surface area (Å²) in [4.78, 5) is 2.39. The Labute approximate surface area is 102 Å². The van der Waals surface area contributed by atoms with Crippen molar-refractivity contribution in [2.75, 3.05) is 11.4 Å². The fraction of sp³-hybridized carbons (Fsp3) is 0.667. The van der Waals surface area contributed by atoms with Crippen LogP contribution in [0.3, 0.4) is 0 Å². The number of piperidine rings is 1. The summed E-state index contributed by atoms with van der Waals surface area (Å²) in [6.45, 7) is 3.33. The van der Waals surface area contributed by atoms with Crippen LogP contribution >= 0.6 is 11.6 Å². The number of nitrogens with zero attached hydrogens (tertiary/aromatic N) is 3. The van der Waals surface area contributed by atoms with Crippen LogP contribution in [0.25, 0.3) is 0 Å². The first-order valence-corrected chi connectivity index (χ1v) is 6.45. The fourth-order valence-electron chi connectivity index (χ4n) is 2.40. The highest BCUT2D eigenvalue weighted by Crippen LogP contribution is 2.25. The Kier molecular flexibility index (Phi) is 3.99. The van der Waals surface area contributed by atoms with Crippen molar-refractivity contribution < 1.29 is 0 Å². The van der Waals surface area contributed by atoms with E-state index in [1.807, 2.05) is 12.1 Å². The first-order chi connectivity index (χ1) is 7.81. The molecule has 1 aromatic heterocycles. The molecular weight excluding hydrogens is 222 g/mol. The lowest BCUT2D eigenvalue weighted by atomic mass is 9.98. The molecule has 1 aliphatic rings. The normalized spacial score (nSPS) is 21.1. The molecule has 1 fully saturated rings. The van der Waals surface area contributed by atoms with Gasteiger partial charge in [0.05, 0.1) is 0 Å². The van der Waals surface area contributed by atoms with Gasteiger partial charge in [0.1, 0.15) is 0 Å². The Morgan fingerprint density at radius 2 is 2.25 bits per heavy atom. The molecule has 1 aliphatic heterocycles. The fourth-order valence-corrected chi connectivity index (χ4v) is 2.50. The molecule has 0 N–H and O–H groups in total. The van der Waals surface area contributed by atoms with E-state index in [2.05, 4.69) is 22.0 Å². The molecule has 1 saturated heterocycles. The zero-order valence-corrected chi connectivity index (χ0v) is 10.5. The number of rotatable bonds is 3. The predicted octanol–water partition coefficient (Wildman–Crippen LogP) is 3.29. The van der Waals surface area contributed by atoms with Gasteiger partial charge in [-0.3, -0.25) is 0 Å². The molecule has 0 bridgehead atoms. The number of aromatic nitrogens is 2. The van der Waals surface area contributed by atoms with Crippen LogP contribution in [-0.4, -0.2) is 22.8 Å². The molecule has 0 spiro atoms. The van der Waals surface area contributed by atoms with Crippen LogP contribution in [0.2, 0.25) is 5.15 Å². The largest absolute Gasteiger partial charge is 0.352 e. The Balaban J connectivity index is 2.13. The van der Waals surface area contributed by atoms with Crippen molar-refractivity contribution in [3.63, 3.8) is 0 Å². The van der Waals surface area contributed by atoms with Crippen molar-refractivity contribution in [3.8, 4) is 0 Å². The van der Waals surface area contributed by atoms with Gasteiger partial charge >= 0.3 is 0 Å². The maximum atomic E-state index is 5.76. The Morgan fingerprint density at radius 1 is 1.38 bits per heavy atom. The Morgan fingerprint density at radius 3 is 2.94 bits per heavy atom. The van der Waals surface area contributed by atoms with Crippen LogP contribution in [-0.2, 0) is 0 Å². The third-order valence-electron chi connectivity index (χ3n) is 3.16. The maximum Gasteiger partial charge on any atom is 0.151 e. The van der Waals surface area contributed by atoms with Gasteiger partial charge in [0.25, 0.3) is 0 Å². The molecule has 16 heavy (non-hydrogen) atoms. The summed E-state index contributed by atoms with van der Waals surface area (Å²) in [6.07, 6.45) is 6.33. The van der Waals surface area contributed by atoms with Crippen LogP contribution in [0.5, 0.6) is 0 Å². The van der Waals surface area contributed by atoms with E-state index in [1.165, 1.54) is 32.1 Å². The van der Waals surface area contributed by atoms with Crippen LogP contribution in [0, 0.1) is 0 Å². The monoisotopic (exact) mass is 239 g/mol. The highest BCUT2D eigenvalue weighted by molar-refractivity contribution is 6.29. The minimum atomic E-state index is 0.466. The number of halogens is 1. The predicted molar refractivity (Wildman–Crippen MR) is 66.9 cm³/mol. The van der Waals surface area contributed by atoms with E-state index >= 15 is 0 Å². The Hall–Kier alpha value is -0.830. The first kappa shape index (κ1) is 11.6. The van der Waals surface area contributed by atoms with Gasteiger partial charge in [-0.25, -0.2) is 0 Å². The molecule has 3 nitrogen and oxygen atoms in total. The summed E-state index contributed by atoms with van der Waals surface area (Å²) in [5.74, 6) is 0.975. The van der Waals surface area contributed by atoms with Gasteiger partial charge in [-0.1, -0.05) is 24.9 Å². The number of hydrogen-bond donors (Lipinski definition) is 0. The summed E-state index contributed by atoms with van der Waals surface area (Å²) in [6, 6.07) is 4.43. The average molecular weight is 240 g/mol. The third kappa shape index (κ3) is 2.64. The summed E-state index contributed by atoms with van der Waals surface area (Å²) in [5.41, 5.74) is 0. The van der Waals surface area contributed by atoms with Crippen LogP contribution in [0.4, 0.5) is 5.82 Å². The highest BCUT2D eigenvalue weighted by atomic mass is 35.5. The summed E-state index contributed by atoms with van der Waals surface area (Å²) in [5, 5.41) is 8.57. The average Bonchev–Trinajstić information content (AvgIpc) is 2.32. The smallest absolute Gasteiger partial charge is 0.151 e. The second kappa shape index (κ2) is 5.48. The van der Waals surface area contributed by atoms with E-state index in [9.17, 15) is 0 Å². The second-order valence-electron chi connectivity index (χ2n) is 4.35. The highest BCUT2D eigenvalue weighted by Gasteiger charge is 2.22. The van der Waals surface area contributed by atoms with E-state index in [1.54, 1.807) is 0 Å². The van der Waals surface area contributed by atoms with Gasteiger partial charge in [0.15, 0.2) is 11.0 Å². The lowest BCUT2D eigenvalue weighted by molar-refractivity contribution is 0.431. The molecule has 2 heterocycles. The molecule has 2 rings (SSSR count). The summed E-state index contributed by atoms with van der Waals surface area (Å²) in [7, 11) is 0. The zero-order chi connectivity index (χ0) is 11.4. The molecular formula is C12H18ClN3. The second-order valence-corrected chi connectivity index (χ2v) is 4.73. The molecule has 0 amide bonds. The topological polar surface area (TPSA) is 29.0 Å². The lowest BCUT2D eigenvalue weighted by Crippen LogP contribution is -2.40. The van der Waals surface area contributed by atoms with Crippen LogP contribution in [0.1, 0.15) is 39.0 Å². The van der Waals surface area contributed by atoms with E-state index in [0.29, 0.717) is 11.2 Å². The van der Waals surface area contributed by atoms with Gasteiger partial charge in [-0.05, 0) is 37.8 Å². The third-order valence-corrected chi connectivity index (χ3v) is 3.36. The van der Waals surface area contributed by atoms with Crippen molar-refractivity contribution in [2.45, 2.75) is 45.1 Å². The van der Waals surface area contributed by atoms with Crippen molar-refractivity contribution in [3.05, 3.63) is 17.3 Å². The first-order valence-electron chi connectivity index (χ1n) is 6.07. The molecule has 88 valence electrons. The quantitative estimate of drug-likeness (QED) is 0.811. The van der Waals surface area contributed by atoms with Crippen molar-refractivity contribution >= 4 is 17.4 Å². The zero-order valence-electron chi connectivity index (χ0n) is 9.69.